The molecule has 1 aliphatic heterocycles. The first-order chi connectivity index (χ1) is 12.9. The lowest BCUT2D eigenvalue weighted by Crippen LogP contribution is -2.57. The molecule has 0 saturated carbocycles. The number of nitrogens with two attached hydrogens (primary N) is 1. The summed E-state index contributed by atoms with van der Waals surface area (Å²) in [7, 11) is 0. The lowest BCUT2D eigenvalue weighted by atomic mass is 9.91. The molecule has 5 heteroatoms. The zero-order valence-electron chi connectivity index (χ0n) is 16.0. The summed E-state index contributed by atoms with van der Waals surface area (Å²) >= 11 is 0. The zero-order chi connectivity index (χ0) is 19.4. The number of rotatable bonds is 4. The molecule has 1 atom stereocenters. The van der Waals surface area contributed by atoms with Crippen LogP contribution in [0.15, 0.2) is 54.6 Å². The number of carbonyl (C=O) groups is 2. The Kier molecular flexibility index (Phi) is 5.61. The maximum Gasteiger partial charge on any atom is 0.247 e. The van der Waals surface area contributed by atoms with Crippen LogP contribution < -0.4 is 5.73 Å². The van der Waals surface area contributed by atoms with Gasteiger partial charge in [-0.2, -0.15) is 0 Å². The first-order valence-electron chi connectivity index (χ1n) is 9.35. The van der Waals surface area contributed by atoms with Crippen LogP contribution in [0.4, 0.5) is 0 Å². The van der Waals surface area contributed by atoms with E-state index >= 15 is 0 Å². The third-order valence-corrected chi connectivity index (χ3v) is 5.34. The van der Waals surface area contributed by atoms with Crippen LogP contribution in [0.3, 0.4) is 0 Å². The third-order valence-electron chi connectivity index (χ3n) is 5.34. The molecule has 1 saturated heterocycles. The molecule has 2 amide bonds. The summed E-state index contributed by atoms with van der Waals surface area (Å²) in [6, 6.07) is 17.4. The Hall–Kier alpha value is -2.66. The van der Waals surface area contributed by atoms with E-state index in [0.29, 0.717) is 32.6 Å². The smallest absolute Gasteiger partial charge is 0.247 e. The van der Waals surface area contributed by atoms with Crippen molar-refractivity contribution in [1.82, 2.24) is 9.80 Å². The van der Waals surface area contributed by atoms with Crippen LogP contribution in [0.2, 0.25) is 0 Å². The number of piperazine rings is 1. The summed E-state index contributed by atoms with van der Waals surface area (Å²) < 4.78 is 0. The van der Waals surface area contributed by atoms with E-state index in [1.165, 1.54) is 0 Å². The van der Waals surface area contributed by atoms with Gasteiger partial charge in [-0.1, -0.05) is 54.6 Å². The van der Waals surface area contributed by atoms with Crippen LogP contribution in [-0.2, 0) is 21.5 Å². The minimum atomic E-state index is -1.06. The van der Waals surface area contributed by atoms with Crippen molar-refractivity contribution in [3.63, 3.8) is 0 Å². The monoisotopic (exact) mass is 365 g/mol. The van der Waals surface area contributed by atoms with E-state index in [4.69, 9.17) is 5.73 Å². The predicted molar refractivity (Wildman–Crippen MR) is 106 cm³/mol. The normalized spacial score (nSPS) is 16.7. The van der Waals surface area contributed by atoms with E-state index in [1.54, 1.807) is 11.8 Å². The number of carbonyl (C=O) groups excluding carboxylic acids is 2. The lowest BCUT2D eigenvalue weighted by Gasteiger charge is -2.38. The maximum absolute atomic E-state index is 12.9. The van der Waals surface area contributed by atoms with E-state index in [1.807, 2.05) is 66.4 Å². The van der Waals surface area contributed by atoms with Gasteiger partial charge in [0, 0.05) is 26.2 Å². The molecule has 0 spiro atoms. The SMILES string of the molecule is Cc1ccccc1CC(=O)N1CCN(C(=O)C(C)(N)c2ccccc2)CC1. The summed E-state index contributed by atoms with van der Waals surface area (Å²) in [5.41, 5.74) is 8.27. The second-order valence-electron chi connectivity index (χ2n) is 7.34. The van der Waals surface area contributed by atoms with Crippen molar-refractivity contribution in [1.29, 1.82) is 0 Å². The van der Waals surface area contributed by atoms with Crippen molar-refractivity contribution in [3.05, 3.63) is 71.3 Å². The number of benzene rings is 2. The summed E-state index contributed by atoms with van der Waals surface area (Å²) in [5.74, 6) is 0.00895. The van der Waals surface area contributed by atoms with Gasteiger partial charge in [0.15, 0.2) is 0 Å². The topological polar surface area (TPSA) is 66.6 Å². The molecule has 3 rings (SSSR count). The molecule has 0 bridgehead atoms. The Bertz CT molecular complexity index is 809. The van der Waals surface area contributed by atoms with Crippen LogP contribution in [0.1, 0.15) is 23.6 Å². The molecule has 1 fully saturated rings. The summed E-state index contributed by atoms with van der Waals surface area (Å²) in [6.07, 6.45) is 0.402. The van der Waals surface area contributed by atoms with E-state index in [0.717, 1.165) is 16.7 Å². The standard InChI is InChI=1S/C22H27N3O2/c1-17-8-6-7-9-18(17)16-20(26)24-12-14-25(15-13-24)21(27)22(2,23)19-10-4-3-5-11-19/h3-11H,12-16,23H2,1-2H3. The molecule has 1 heterocycles. The fourth-order valence-electron chi connectivity index (χ4n) is 3.48. The van der Waals surface area contributed by atoms with E-state index in [9.17, 15) is 9.59 Å². The molecule has 0 aliphatic carbocycles. The highest BCUT2D eigenvalue weighted by Gasteiger charge is 2.36. The maximum atomic E-state index is 12.9. The van der Waals surface area contributed by atoms with Crippen molar-refractivity contribution in [2.45, 2.75) is 25.8 Å². The highest BCUT2D eigenvalue weighted by molar-refractivity contribution is 5.87. The molecule has 2 aromatic rings. The van der Waals surface area contributed by atoms with Gasteiger partial charge >= 0.3 is 0 Å². The molecular weight excluding hydrogens is 338 g/mol. The van der Waals surface area contributed by atoms with Gasteiger partial charge in [-0.25, -0.2) is 0 Å². The van der Waals surface area contributed by atoms with Gasteiger partial charge in [-0.05, 0) is 30.5 Å². The van der Waals surface area contributed by atoms with Crippen LogP contribution >= 0.6 is 0 Å². The zero-order valence-corrected chi connectivity index (χ0v) is 16.0. The van der Waals surface area contributed by atoms with E-state index < -0.39 is 5.54 Å². The van der Waals surface area contributed by atoms with Gasteiger partial charge in [0.1, 0.15) is 5.54 Å². The highest BCUT2D eigenvalue weighted by Crippen LogP contribution is 2.21. The summed E-state index contributed by atoms with van der Waals surface area (Å²) in [4.78, 5) is 29.2. The largest absolute Gasteiger partial charge is 0.339 e. The number of amides is 2. The Balaban J connectivity index is 1.59. The molecule has 1 unspecified atom stereocenters. The first-order valence-corrected chi connectivity index (χ1v) is 9.35. The fourth-order valence-corrected chi connectivity index (χ4v) is 3.48. The molecule has 2 N–H and O–H groups in total. The van der Waals surface area contributed by atoms with Crippen molar-refractivity contribution < 1.29 is 9.59 Å². The number of aryl methyl sites for hydroxylation is 1. The Morgan fingerprint density at radius 3 is 2.11 bits per heavy atom. The Morgan fingerprint density at radius 2 is 1.48 bits per heavy atom. The first kappa shape index (κ1) is 19.1. The van der Waals surface area contributed by atoms with Crippen molar-refractivity contribution in [3.8, 4) is 0 Å². The van der Waals surface area contributed by atoms with Gasteiger partial charge in [0.25, 0.3) is 0 Å². The van der Waals surface area contributed by atoms with Crippen LogP contribution in [-0.4, -0.2) is 47.8 Å². The molecule has 1 aliphatic rings. The van der Waals surface area contributed by atoms with Gasteiger partial charge in [0.2, 0.25) is 11.8 Å². The third kappa shape index (κ3) is 4.19. The number of nitrogens with zero attached hydrogens (tertiary/aromatic N) is 2. The highest BCUT2D eigenvalue weighted by atomic mass is 16.2. The fraction of sp³-hybridized carbons (Fsp3) is 0.364. The second kappa shape index (κ2) is 7.92. The summed E-state index contributed by atoms with van der Waals surface area (Å²) in [6.45, 7) is 5.88. The minimum Gasteiger partial charge on any atom is -0.339 e. The van der Waals surface area contributed by atoms with Gasteiger partial charge in [0.05, 0.1) is 6.42 Å². The molecular formula is C22H27N3O2. The van der Waals surface area contributed by atoms with Gasteiger partial charge in [-0.3, -0.25) is 9.59 Å². The van der Waals surface area contributed by atoms with Crippen LogP contribution in [0.25, 0.3) is 0 Å². The summed E-state index contributed by atoms with van der Waals surface area (Å²) in [5, 5.41) is 0. The van der Waals surface area contributed by atoms with Crippen molar-refractivity contribution in [2.24, 2.45) is 5.73 Å². The average molecular weight is 365 g/mol. The Labute approximate surface area is 160 Å². The molecule has 142 valence electrons. The van der Waals surface area contributed by atoms with Crippen molar-refractivity contribution >= 4 is 11.8 Å². The molecule has 0 radical (unpaired) electrons. The Morgan fingerprint density at radius 1 is 0.926 bits per heavy atom. The number of hydrogen-bond donors (Lipinski definition) is 1. The molecule has 27 heavy (non-hydrogen) atoms. The average Bonchev–Trinajstić information content (AvgIpc) is 2.70. The molecule has 5 nitrogen and oxygen atoms in total. The van der Waals surface area contributed by atoms with Gasteiger partial charge < -0.3 is 15.5 Å². The van der Waals surface area contributed by atoms with Crippen LogP contribution in [0, 0.1) is 6.92 Å². The van der Waals surface area contributed by atoms with Crippen LogP contribution in [0.5, 0.6) is 0 Å². The predicted octanol–water partition coefficient (Wildman–Crippen LogP) is 2.08. The van der Waals surface area contributed by atoms with Crippen molar-refractivity contribution in [2.75, 3.05) is 26.2 Å². The molecule has 0 aromatic heterocycles. The molecule has 2 aromatic carbocycles. The number of hydrogen-bond acceptors (Lipinski definition) is 3. The van der Waals surface area contributed by atoms with E-state index in [2.05, 4.69) is 0 Å². The van der Waals surface area contributed by atoms with Gasteiger partial charge in [-0.15, -0.1) is 0 Å². The van der Waals surface area contributed by atoms with E-state index in [-0.39, 0.29) is 11.8 Å². The second-order valence-corrected chi connectivity index (χ2v) is 7.34. The minimum absolute atomic E-state index is 0.0975. The lowest BCUT2D eigenvalue weighted by molar-refractivity contribution is -0.142. The quantitative estimate of drug-likeness (QED) is 0.902.